The van der Waals surface area contributed by atoms with Crippen molar-refractivity contribution in [2.24, 2.45) is 0 Å². The molecule has 108 valence electrons. The largest absolute Gasteiger partial charge is 0.416 e. The highest BCUT2D eigenvalue weighted by Crippen LogP contribution is 2.34. The predicted molar refractivity (Wildman–Crippen MR) is 73.7 cm³/mol. The van der Waals surface area contributed by atoms with E-state index in [4.69, 9.17) is 11.6 Å². The van der Waals surface area contributed by atoms with E-state index in [0.29, 0.717) is 5.69 Å². The third-order valence-electron chi connectivity index (χ3n) is 3.05. The first-order valence-corrected chi connectivity index (χ1v) is 6.89. The van der Waals surface area contributed by atoms with Crippen LogP contribution in [0.1, 0.15) is 45.1 Å². The van der Waals surface area contributed by atoms with Crippen LogP contribution in [-0.4, -0.2) is 6.04 Å². The summed E-state index contributed by atoms with van der Waals surface area (Å²) in [5.41, 5.74) is -0.151. The van der Waals surface area contributed by atoms with Gasteiger partial charge in [0.2, 0.25) is 0 Å². The molecular formula is C14H19ClF3N. The summed E-state index contributed by atoms with van der Waals surface area (Å²) in [7, 11) is 0. The topological polar surface area (TPSA) is 12.0 Å². The lowest BCUT2D eigenvalue weighted by Crippen LogP contribution is -2.18. The molecule has 5 heteroatoms. The molecule has 0 aliphatic rings. The van der Waals surface area contributed by atoms with Crippen molar-refractivity contribution in [3.05, 3.63) is 28.8 Å². The molecular weight excluding hydrogens is 275 g/mol. The molecule has 0 fully saturated rings. The van der Waals surface area contributed by atoms with Gasteiger partial charge in [-0.1, -0.05) is 38.3 Å². The maximum atomic E-state index is 12.5. The SMILES string of the molecule is CCCCC(CC)Nc1ccc(C(F)(F)F)cc1Cl. The van der Waals surface area contributed by atoms with E-state index >= 15 is 0 Å². The van der Waals surface area contributed by atoms with Gasteiger partial charge in [-0.05, 0) is 31.0 Å². The third kappa shape index (κ3) is 4.94. The monoisotopic (exact) mass is 293 g/mol. The maximum Gasteiger partial charge on any atom is 0.416 e. The second-order valence-corrected chi connectivity index (χ2v) is 4.99. The van der Waals surface area contributed by atoms with Gasteiger partial charge < -0.3 is 5.32 Å². The van der Waals surface area contributed by atoms with E-state index < -0.39 is 11.7 Å². The average molecular weight is 294 g/mol. The molecule has 0 radical (unpaired) electrons. The molecule has 1 atom stereocenters. The summed E-state index contributed by atoms with van der Waals surface area (Å²) in [5, 5.41) is 3.33. The van der Waals surface area contributed by atoms with Crippen molar-refractivity contribution in [1.82, 2.24) is 0 Å². The molecule has 1 rings (SSSR count). The average Bonchev–Trinajstić information content (AvgIpc) is 2.35. The van der Waals surface area contributed by atoms with Gasteiger partial charge in [-0.25, -0.2) is 0 Å². The Hall–Kier alpha value is -0.900. The molecule has 1 unspecified atom stereocenters. The van der Waals surface area contributed by atoms with Crippen LogP contribution in [0.4, 0.5) is 18.9 Å². The number of alkyl halides is 3. The summed E-state index contributed by atoms with van der Waals surface area (Å²) in [6, 6.07) is 3.67. The highest BCUT2D eigenvalue weighted by Gasteiger charge is 2.30. The Morgan fingerprint density at radius 2 is 1.95 bits per heavy atom. The van der Waals surface area contributed by atoms with E-state index in [1.807, 2.05) is 6.92 Å². The quantitative estimate of drug-likeness (QED) is 0.705. The number of benzene rings is 1. The molecule has 0 bridgehead atoms. The van der Waals surface area contributed by atoms with Gasteiger partial charge in [0.05, 0.1) is 16.3 Å². The smallest absolute Gasteiger partial charge is 0.381 e. The van der Waals surface area contributed by atoms with E-state index in [2.05, 4.69) is 12.2 Å². The van der Waals surface area contributed by atoms with Crippen molar-refractivity contribution >= 4 is 17.3 Å². The van der Waals surface area contributed by atoms with Crippen molar-refractivity contribution < 1.29 is 13.2 Å². The number of hydrogen-bond acceptors (Lipinski definition) is 1. The normalized spacial score (nSPS) is 13.4. The lowest BCUT2D eigenvalue weighted by molar-refractivity contribution is -0.137. The van der Waals surface area contributed by atoms with Gasteiger partial charge >= 0.3 is 6.18 Å². The fourth-order valence-electron chi connectivity index (χ4n) is 1.86. The van der Waals surface area contributed by atoms with E-state index in [1.54, 1.807) is 0 Å². The van der Waals surface area contributed by atoms with Crippen LogP contribution in [0.2, 0.25) is 5.02 Å². The fourth-order valence-corrected chi connectivity index (χ4v) is 2.09. The van der Waals surface area contributed by atoms with Crippen molar-refractivity contribution in [2.75, 3.05) is 5.32 Å². The van der Waals surface area contributed by atoms with E-state index in [1.165, 1.54) is 6.07 Å². The standard InChI is InChI=1S/C14H19ClF3N/c1-3-5-6-11(4-2)19-13-8-7-10(9-12(13)15)14(16,17)18/h7-9,11,19H,3-6H2,1-2H3. The van der Waals surface area contributed by atoms with Crippen LogP contribution in [0, 0.1) is 0 Å². The number of halogens is 4. The number of unbranched alkanes of at least 4 members (excludes halogenated alkanes) is 1. The molecule has 19 heavy (non-hydrogen) atoms. The summed E-state index contributed by atoms with van der Waals surface area (Å²) in [6.45, 7) is 4.16. The number of anilines is 1. The Morgan fingerprint density at radius 3 is 2.42 bits per heavy atom. The lowest BCUT2D eigenvalue weighted by atomic mass is 10.1. The van der Waals surface area contributed by atoms with Crippen molar-refractivity contribution in [1.29, 1.82) is 0 Å². The zero-order valence-corrected chi connectivity index (χ0v) is 11.9. The first-order valence-electron chi connectivity index (χ1n) is 6.51. The van der Waals surface area contributed by atoms with Gasteiger partial charge in [0, 0.05) is 6.04 Å². The minimum atomic E-state index is -4.35. The van der Waals surface area contributed by atoms with Gasteiger partial charge in [0.25, 0.3) is 0 Å². The van der Waals surface area contributed by atoms with Crippen molar-refractivity contribution in [3.63, 3.8) is 0 Å². The molecule has 1 aromatic carbocycles. The molecule has 0 spiro atoms. The maximum absolute atomic E-state index is 12.5. The fraction of sp³-hybridized carbons (Fsp3) is 0.571. The Bertz CT molecular complexity index is 404. The van der Waals surface area contributed by atoms with Crippen molar-refractivity contribution in [3.8, 4) is 0 Å². The molecule has 0 saturated heterocycles. The summed E-state index contributed by atoms with van der Waals surface area (Å²) in [4.78, 5) is 0. The predicted octanol–water partition coefficient (Wildman–Crippen LogP) is 5.74. The Kier molecular flexibility index (Phi) is 5.98. The van der Waals surface area contributed by atoms with Gasteiger partial charge in [-0.15, -0.1) is 0 Å². The van der Waals surface area contributed by atoms with Crippen LogP contribution in [0.5, 0.6) is 0 Å². The Morgan fingerprint density at radius 1 is 1.26 bits per heavy atom. The number of nitrogens with one attached hydrogen (secondary N) is 1. The van der Waals surface area contributed by atoms with Crippen LogP contribution in [0.25, 0.3) is 0 Å². The van der Waals surface area contributed by atoms with E-state index in [-0.39, 0.29) is 11.1 Å². The molecule has 1 nitrogen and oxygen atoms in total. The van der Waals surface area contributed by atoms with Crippen LogP contribution in [-0.2, 0) is 6.18 Å². The zero-order chi connectivity index (χ0) is 14.5. The molecule has 1 N–H and O–H groups in total. The second kappa shape index (κ2) is 7.04. The zero-order valence-electron chi connectivity index (χ0n) is 11.1. The first-order chi connectivity index (χ1) is 8.88. The van der Waals surface area contributed by atoms with Gasteiger partial charge in [0.1, 0.15) is 0 Å². The second-order valence-electron chi connectivity index (χ2n) is 4.58. The molecule has 0 aliphatic heterocycles. The summed E-state index contributed by atoms with van der Waals surface area (Å²) in [6.07, 6.45) is -0.265. The molecule has 0 aromatic heterocycles. The third-order valence-corrected chi connectivity index (χ3v) is 3.37. The van der Waals surface area contributed by atoms with Gasteiger partial charge in [-0.3, -0.25) is 0 Å². The molecule has 0 saturated carbocycles. The highest BCUT2D eigenvalue weighted by atomic mass is 35.5. The van der Waals surface area contributed by atoms with Gasteiger partial charge in [0.15, 0.2) is 0 Å². The molecule has 0 aliphatic carbocycles. The van der Waals surface area contributed by atoms with Crippen LogP contribution in [0.3, 0.4) is 0 Å². The molecule has 0 amide bonds. The molecule has 1 aromatic rings. The van der Waals surface area contributed by atoms with Crippen LogP contribution in [0.15, 0.2) is 18.2 Å². The van der Waals surface area contributed by atoms with Crippen LogP contribution >= 0.6 is 11.6 Å². The van der Waals surface area contributed by atoms with Gasteiger partial charge in [-0.2, -0.15) is 13.2 Å². The Labute approximate surface area is 117 Å². The lowest BCUT2D eigenvalue weighted by Gasteiger charge is -2.19. The van der Waals surface area contributed by atoms with E-state index in [9.17, 15) is 13.2 Å². The molecule has 0 heterocycles. The minimum Gasteiger partial charge on any atom is -0.381 e. The van der Waals surface area contributed by atoms with Crippen LogP contribution < -0.4 is 5.32 Å². The summed E-state index contributed by atoms with van der Waals surface area (Å²) in [5.74, 6) is 0. The number of rotatable bonds is 6. The van der Waals surface area contributed by atoms with Crippen molar-refractivity contribution in [2.45, 2.75) is 51.7 Å². The number of hydrogen-bond donors (Lipinski definition) is 1. The Balaban J connectivity index is 2.79. The van der Waals surface area contributed by atoms with E-state index in [0.717, 1.165) is 37.8 Å². The summed E-state index contributed by atoms with van der Waals surface area (Å²) >= 11 is 5.91. The highest BCUT2D eigenvalue weighted by molar-refractivity contribution is 6.33. The summed E-state index contributed by atoms with van der Waals surface area (Å²) < 4.78 is 37.5. The minimum absolute atomic E-state index is 0.116. The first kappa shape index (κ1) is 16.2.